The van der Waals surface area contributed by atoms with Crippen LogP contribution in [0.25, 0.3) is 27.8 Å². The molecule has 0 spiro atoms. The lowest BCUT2D eigenvalue weighted by atomic mass is 10.0. The number of carbonyl (C=O) groups excluding carboxylic acids is 1. The van der Waals surface area contributed by atoms with Gasteiger partial charge in [0.1, 0.15) is 17.7 Å². The van der Waals surface area contributed by atoms with E-state index in [1.54, 1.807) is 13.4 Å². The number of hydrogen-bond donors (Lipinski definition) is 1. The highest BCUT2D eigenvalue weighted by Crippen LogP contribution is 2.33. The summed E-state index contributed by atoms with van der Waals surface area (Å²) in [5, 5.41) is 3.85. The molecule has 0 atom stereocenters. The summed E-state index contributed by atoms with van der Waals surface area (Å²) in [6.07, 6.45) is 3.47. The monoisotopic (exact) mass is 431 g/mol. The van der Waals surface area contributed by atoms with E-state index in [9.17, 15) is 4.79 Å². The van der Waals surface area contributed by atoms with Crippen molar-refractivity contribution in [2.45, 2.75) is 0 Å². The molecule has 32 heavy (non-hydrogen) atoms. The predicted octanol–water partition coefficient (Wildman–Crippen LogP) is 2.62. The molecule has 0 radical (unpaired) electrons. The zero-order valence-corrected chi connectivity index (χ0v) is 18.0. The molecule has 4 aromatic rings. The second-order valence-corrected chi connectivity index (χ2v) is 7.69. The SMILES string of the molecule is COc1ccc(-c2ncnc3c2c(C(=O)NCCN2CCOCC2)c2ccccn23)cc1. The maximum atomic E-state index is 13.4. The van der Waals surface area contributed by atoms with Crippen LogP contribution in [-0.2, 0) is 4.74 Å². The minimum Gasteiger partial charge on any atom is -0.497 e. The van der Waals surface area contributed by atoms with Gasteiger partial charge in [-0.15, -0.1) is 0 Å². The van der Waals surface area contributed by atoms with Gasteiger partial charge in [0.25, 0.3) is 5.91 Å². The second-order valence-electron chi connectivity index (χ2n) is 7.69. The van der Waals surface area contributed by atoms with Gasteiger partial charge in [0, 0.05) is 37.9 Å². The topological polar surface area (TPSA) is 81.0 Å². The van der Waals surface area contributed by atoms with Crippen LogP contribution in [0.4, 0.5) is 0 Å². The molecule has 0 aliphatic carbocycles. The molecule has 164 valence electrons. The third kappa shape index (κ3) is 3.79. The van der Waals surface area contributed by atoms with E-state index in [1.165, 1.54) is 0 Å². The molecule has 1 aliphatic rings. The maximum Gasteiger partial charge on any atom is 0.254 e. The third-order valence-electron chi connectivity index (χ3n) is 5.83. The van der Waals surface area contributed by atoms with Crippen molar-refractivity contribution in [2.24, 2.45) is 0 Å². The Hall–Kier alpha value is -3.49. The molecule has 1 aromatic carbocycles. The Morgan fingerprint density at radius 2 is 1.94 bits per heavy atom. The average molecular weight is 431 g/mol. The van der Waals surface area contributed by atoms with E-state index >= 15 is 0 Å². The third-order valence-corrected chi connectivity index (χ3v) is 5.83. The smallest absolute Gasteiger partial charge is 0.254 e. The van der Waals surface area contributed by atoms with E-state index in [4.69, 9.17) is 9.47 Å². The fraction of sp³-hybridized carbons (Fsp3) is 0.292. The van der Waals surface area contributed by atoms with Gasteiger partial charge in [-0.2, -0.15) is 0 Å². The molecule has 8 heteroatoms. The normalized spacial score (nSPS) is 14.7. The number of fused-ring (bicyclic) bond motifs is 3. The summed E-state index contributed by atoms with van der Waals surface area (Å²) in [5.74, 6) is 0.642. The van der Waals surface area contributed by atoms with E-state index in [0.717, 1.165) is 60.8 Å². The Bertz CT molecular complexity index is 1250. The minimum atomic E-state index is -0.124. The standard InChI is InChI=1S/C24H25N5O3/c1-31-18-7-5-17(6-8-18)22-21-20(24(30)25-9-11-28-12-14-32-15-13-28)19-4-2-3-10-29(19)23(21)27-16-26-22/h2-8,10,16H,9,11-15H2,1H3,(H,25,30). The van der Waals surface area contributed by atoms with Gasteiger partial charge in [0.15, 0.2) is 0 Å². The first-order valence-electron chi connectivity index (χ1n) is 10.7. The number of aromatic nitrogens is 3. The maximum absolute atomic E-state index is 13.4. The number of hydrogen-bond acceptors (Lipinski definition) is 6. The highest BCUT2D eigenvalue weighted by Gasteiger charge is 2.23. The fourth-order valence-electron chi connectivity index (χ4n) is 4.19. The molecule has 0 unspecified atom stereocenters. The van der Waals surface area contributed by atoms with Crippen LogP contribution in [0.2, 0.25) is 0 Å². The van der Waals surface area contributed by atoms with Crippen molar-refractivity contribution < 1.29 is 14.3 Å². The molecule has 1 N–H and O–H groups in total. The van der Waals surface area contributed by atoms with Crippen molar-refractivity contribution in [3.8, 4) is 17.0 Å². The summed E-state index contributed by atoms with van der Waals surface area (Å²) in [6.45, 7) is 4.63. The molecule has 1 saturated heterocycles. The summed E-state index contributed by atoms with van der Waals surface area (Å²) < 4.78 is 12.6. The first-order valence-corrected chi connectivity index (χ1v) is 10.7. The molecule has 1 amide bonds. The number of carbonyl (C=O) groups is 1. The average Bonchev–Trinajstić information content (AvgIpc) is 3.19. The van der Waals surface area contributed by atoms with E-state index in [2.05, 4.69) is 20.2 Å². The van der Waals surface area contributed by atoms with E-state index in [-0.39, 0.29) is 5.91 Å². The highest BCUT2D eigenvalue weighted by molar-refractivity contribution is 6.16. The number of nitrogens with zero attached hydrogens (tertiary/aromatic N) is 4. The van der Waals surface area contributed by atoms with Gasteiger partial charge < -0.3 is 19.2 Å². The van der Waals surface area contributed by atoms with Crippen molar-refractivity contribution >= 4 is 22.5 Å². The van der Waals surface area contributed by atoms with Crippen LogP contribution in [0.1, 0.15) is 10.4 Å². The van der Waals surface area contributed by atoms with Gasteiger partial charge in [-0.05, 0) is 36.4 Å². The van der Waals surface area contributed by atoms with E-state index in [1.807, 2.05) is 53.1 Å². The largest absolute Gasteiger partial charge is 0.497 e. The fourth-order valence-corrected chi connectivity index (χ4v) is 4.19. The molecule has 3 aromatic heterocycles. The molecule has 0 bridgehead atoms. The van der Waals surface area contributed by atoms with E-state index < -0.39 is 0 Å². The van der Waals surface area contributed by atoms with Crippen LogP contribution < -0.4 is 10.1 Å². The number of amides is 1. The molecule has 4 heterocycles. The van der Waals surface area contributed by atoms with Gasteiger partial charge >= 0.3 is 0 Å². The number of nitrogens with one attached hydrogen (secondary N) is 1. The lowest BCUT2D eigenvalue weighted by molar-refractivity contribution is 0.0383. The first-order chi connectivity index (χ1) is 15.8. The predicted molar refractivity (Wildman–Crippen MR) is 122 cm³/mol. The van der Waals surface area contributed by atoms with Crippen LogP contribution in [0.3, 0.4) is 0 Å². The number of pyridine rings is 1. The minimum absolute atomic E-state index is 0.124. The summed E-state index contributed by atoms with van der Waals surface area (Å²) in [7, 11) is 1.64. The number of morpholine rings is 1. The van der Waals surface area contributed by atoms with E-state index in [0.29, 0.717) is 17.8 Å². The summed E-state index contributed by atoms with van der Waals surface area (Å²) >= 11 is 0. The van der Waals surface area contributed by atoms with Crippen LogP contribution in [0.15, 0.2) is 55.0 Å². The van der Waals surface area contributed by atoms with Crippen LogP contribution in [-0.4, -0.2) is 71.7 Å². The Kier molecular flexibility index (Phi) is 5.70. The molecule has 5 rings (SSSR count). The lowest BCUT2D eigenvalue weighted by Gasteiger charge is -2.26. The van der Waals surface area contributed by atoms with Crippen molar-refractivity contribution in [2.75, 3.05) is 46.5 Å². The van der Waals surface area contributed by atoms with Gasteiger partial charge in [0.05, 0.1) is 42.5 Å². The summed E-state index contributed by atoms with van der Waals surface area (Å²) in [4.78, 5) is 24.8. The van der Waals surface area contributed by atoms with Gasteiger partial charge in [0.2, 0.25) is 0 Å². The van der Waals surface area contributed by atoms with Crippen LogP contribution in [0.5, 0.6) is 5.75 Å². The van der Waals surface area contributed by atoms with Gasteiger partial charge in [-0.25, -0.2) is 9.97 Å². The molecule has 0 saturated carbocycles. The number of ether oxygens (including phenoxy) is 2. The number of methoxy groups -OCH3 is 1. The van der Waals surface area contributed by atoms with Crippen LogP contribution >= 0.6 is 0 Å². The Morgan fingerprint density at radius 3 is 2.72 bits per heavy atom. The highest BCUT2D eigenvalue weighted by atomic mass is 16.5. The van der Waals surface area contributed by atoms with Crippen molar-refractivity contribution in [3.63, 3.8) is 0 Å². The summed E-state index contributed by atoms with van der Waals surface area (Å²) in [6, 6.07) is 13.5. The first kappa shape index (κ1) is 20.4. The molecule has 8 nitrogen and oxygen atoms in total. The Labute approximate surface area is 185 Å². The number of benzene rings is 1. The summed E-state index contributed by atoms with van der Waals surface area (Å²) in [5.41, 5.74) is 3.73. The van der Waals surface area contributed by atoms with Crippen LogP contribution in [0, 0.1) is 0 Å². The molecule has 1 fully saturated rings. The number of rotatable bonds is 6. The molecule has 1 aliphatic heterocycles. The van der Waals surface area contributed by atoms with Gasteiger partial charge in [-0.3, -0.25) is 9.69 Å². The Balaban J connectivity index is 1.54. The zero-order chi connectivity index (χ0) is 21.9. The molecular weight excluding hydrogens is 406 g/mol. The van der Waals surface area contributed by atoms with Crippen molar-refractivity contribution in [3.05, 3.63) is 60.6 Å². The quantitative estimate of drug-likeness (QED) is 0.506. The Morgan fingerprint density at radius 1 is 1.12 bits per heavy atom. The van der Waals surface area contributed by atoms with Crippen molar-refractivity contribution in [1.82, 2.24) is 24.6 Å². The molecular formula is C24H25N5O3. The zero-order valence-electron chi connectivity index (χ0n) is 18.0. The lowest BCUT2D eigenvalue weighted by Crippen LogP contribution is -2.41. The second kappa shape index (κ2) is 8.94. The van der Waals surface area contributed by atoms with Gasteiger partial charge in [-0.1, -0.05) is 6.07 Å². The van der Waals surface area contributed by atoms with Crippen molar-refractivity contribution in [1.29, 1.82) is 0 Å².